The van der Waals surface area contributed by atoms with Crippen molar-refractivity contribution in [3.63, 3.8) is 0 Å². The molecule has 0 saturated carbocycles. The number of urea groups is 1. The smallest absolute Gasteiger partial charge is 0.319 e. The minimum Gasteiger partial charge on any atom is -0.481 e. The largest absolute Gasteiger partial charge is 0.481 e. The lowest BCUT2D eigenvalue weighted by Gasteiger charge is -2.34. The molecule has 0 spiro atoms. The summed E-state index contributed by atoms with van der Waals surface area (Å²) in [6.07, 6.45) is 3.73. The molecule has 1 aromatic heterocycles. The third kappa shape index (κ3) is 4.32. The van der Waals surface area contributed by atoms with E-state index in [0.717, 1.165) is 38.0 Å². The first-order chi connectivity index (χ1) is 10.1. The Morgan fingerprint density at radius 1 is 1.48 bits per heavy atom. The van der Waals surface area contributed by atoms with Crippen LogP contribution in [-0.2, 0) is 6.54 Å². The van der Waals surface area contributed by atoms with E-state index in [2.05, 4.69) is 10.3 Å². The average molecular weight is 292 g/mol. The number of likely N-dealkylation sites (tertiary alicyclic amines) is 1. The molecule has 1 aliphatic heterocycles. The Labute approximate surface area is 126 Å². The van der Waals surface area contributed by atoms with Crippen LogP contribution in [0.3, 0.4) is 0 Å². The fourth-order valence-electron chi connectivity index (χ4n) is 2.49. The molecule has 1 fully saturated rings. The monoisotopic (exact) mass is 292 g/mol. The van der Waals surface area contributed by atoms with Crippen LogP contribution in [0.1, 0.15) is 18.4 Å². The second-order valence-electron chi connectivity index (χ2n) is 5.53. The predicted octanol–water partition coefficient (Wildman–Crippen LogP) is 1.33. The third-order valence-electron chi connectivity index (χ3n) is 3.75. The van der Waals surface area contributed by atoms with Crippen molar-refractivity contribution in [3.8, 4) is 5.88 Å². The van der Waals surface area contributed by atoms with Gasteiger partial charge in [0.1, 0.15) is 0 Å². The zero-order valence-corrected chi connectivity index (χ0v) is 13.0. The van der Waals surface area contributed by atoms with Crippen molar-refractivity contribution in [2.24, 2.45) is 0 Å². The summed E-state index contributed by atoms with van der Waals surface area (Å²) in [4.78, 5) is 19.5. The molecule has 2 amide bonds. The number of nitrogens with zero attached hydrogens (tertiary/aromatic N) is 3. The van der Waals surface area contributed by atoms with Crippen LogP contribution in [-0.4, -0.2) is 61.2 Å². The molecule has 1 saturated heterocycles. The van der Waals surface area contributed by atoms with Crippen LogP contribution < -0.4 is 10.1 Å². The van der Waals surface area contributed by atoms with Crippen molar-refractivity contribution < 1.29 is 9.53 Å². The highest BCUT2D eigenvalue weighted by Gasteiger charge is 2.23. The molecule has 0 radical (unpaired) electrons. The van der Waals surface area contributed by atoms with Gasteiger partial charge in [-0.25, -0.2) is 9.78 Å². The molecule has 6 heteroatoms. The topological polar surface area (TPSA) is 57.7 Å². The van der Waals surface area contributed by atoms with Gasteiger partial charge in [0.05, 0.1) is 7.11 Å². The van der Waals surface area contributed by atoms with Gasteiger partial charge in [0.15, 0.2) is 0 Å². The summed E-state index contributed by atoms with van der Waals surface area (Å²) in [5.74, 6) is 0.640. The Kier molecular flexibility index (Phi) is 5.38. The number of rotatable bonds is 4. The molecule has 6 nitrogen and oxygen atoms in total. The number of ether oxygens (including phenoxy) is 1. The van der Waals surface area contributed by atoms with Gasteiger partial charge in [-0.15, -0.1) is 0 Å². The maximum atomic E-state index is 11.9. The highest BCUT2D eigenvalue weighted by atomic mass is 16.5. The molecule has 2 heterocycles. The van der Waals surface area contributed by atoms with Crippen LogP contribution in [0.5, 0.6) is 5.88 Å². The molecule has 21 heavy (non-hydrogen) atoms. The van der Waals surface area contributed by atoms with Crippen molar-refractivity contribution >= 4 is 6.03 Å². The Morgan fingerprint density at radius 3 is 2.81 bits per heavy atom. The summed E-state index contributed by atoms with van der Waals surface area (Å²) in [6, 6.07) is 4.49. The molecule has 1 aliphatic rings. The summed E-state index contributed by atoms with van der Waals surface area (Å²) >= 11 is 0. The van der Waals surface area contributed by atoms with Crippen LogP contribution in [0.25, 0.3) is 0 Å². The van der Waals surface area contributed by atoms with Gasteiger partial charge in [-0.1, -0.05) is 0 Å². The first-order valence-corrected chi connectivity index (χ1v) is 7.28. The number of carbonyl (C=O) groups excluding carboxylic acids is 1. The van der Waals surface area contributed by atoms with Crippen LogP contribution >= 0.6 is 0 Å². The Balaban J connectivity index is 1.77. The molecule has 116 valence electrons. The van der Waals surface area contributed by atoms with E-state index < -0.39 is 0 Å². The molecule has 0 unspecified atom stereocenters. The van der Waals surface area contributed by atoms with Crippen LogP contribution in [0, 0.1) is 0 Å². The van der Waals surface area contributed by atoms with E-state index in [1.807, 2.05) is 17.0 Å². The predicted molar refractivity (Wildman–Crippen MR) is 81.3 cm³/mol. The van der Waals surface area contributed by atoms with Gasteiger partial charge in [0.2, 0.25) is 5.88 Å². The van der Waals surface area contributed by atoms with Crippen LogP contribution in [0.4, 0.5) is 4.79 Å². The molecule has 1 N–H and O–H groups in total. The van der Waals surface area contributed by atoms with Gasteiger partial charge in [-0.05, 0) is 24.5 Å². The summed E-state index contributed by atoms with van der Waals surface area (Å²) in [6.45, 7) is 2.42. The standard InChI is InChI=1S/C15H24N4O2/c1-18(2)15(20)19-8-5-13(6-9-19)17-11-12-4-7-16-14(10-12)21-3/h4,7,10,13,17H,5-6,8-9,11H2,1-3H3. The van der Waals surface area contributed by atoms with E-state index in [0.29, 0.717) is 11.9 Å². The minimum atomic E-state index is 0.104. The van der Waals surface area contributed by atoms with Gasteiger partial charge >= 0.3 is 6.03 Å². The van der Waals surface area contributed by atoms with Crippen molar-refractivity contribution in [2.45, 2.75) is 25.4 Å². The number of pyridine rings is 1. The second-order valence-corrected chi connectivity index (χ2v) is 5.53. The number of nitrogens with one attached hydrogen (secondary N) is 1. The van der Waals surface area contributed by atoms with Crippen LogP contribution in [0.15, 0.2) is 18.3 Å². The minimum absolute atomic E-state index is 0.104. The zero-order chi connectivity index (χ0) is 15.2. The molecule has 2 rings (SSSR count). The van der Waals surface area contributed by atoms with Crippen molar-refractivity contribution in [1.29, 1.82) is 0 Å². The quantitative estimate of drug-likeness (QED) is 0.909. The molecular formula is C15H24N4O2. The summed E-state index contributed by atoms with van der Waals surface area (Å²) in [5, 5.41) is 3.54. The van der Waals surface area contributed by atoms with Gasteiger partial charge in [-0.3, -0.25) is 0 Å². The fraction of sp³-hybridized carbons (Fsp3) is 0.600. The van der Waals surface area contributed by atoms with E-state index in [1.54, 1.807) is 32.3 Å². The summed E-state index contributed by atoms with van der Waals surface area (Å²) < 4.78 is 5.12. The zero-order valence-electron chi connectivity index (χ0n) is 13.0. The van der Waals surface area contributed by atoms with Gasteiger partial charge in [-0.2, -0.15) is 0 Å². The number of hydrogen-bond acceptors (Lipinski definition) is 4. The fourth-order valence-corrected chi connectivity index (χ4v) is 2.49. The summed E-state index contributed by atoms with van der Waals surface area (Å²) in [5.41, 5.74) is 1.16. The van der Waals surface area contributed by atoms with E-state index in [9.17, 15) is 4.79 Å². The lowest BCUT2D eigenvalue weighted by Crippen LogP contribution is -2.47. The number of aromatic nitrogens is 1. The van der Waals surface area contributed by atoms with Crippen LogP contribution in [0.2, 0.25) is 0 Å². The number of methoxy groups -OCH3 is 1. The van der Waals surface area contributed by atoms with Crippen molar-refractivity contribution in [2.75, 3.05) is 34.3 Å². The van der Waals surface area contributed by atoms with Crippen molar-refractivity contribution in [3.05, 3.63) is 23.9 Å². The number of hydrogen-bond donors (Lipinski definition) is 1. The summed E-state index contributed by atoms with van der Waals surface area (Å²) in [7, 11) is 5.21. The van der Waals surface area contributed by atoms with Crippen molar-refractivity contribution in [1.82, 2.24) is 20.1 Å². The Bertz CT molecular complexity index is 470. The molecule has 0 atom stereocenters. The first-order valence-electron chi connectivity index (χ1n) is 7.28. The highest BCUT2D eigenvalue weighted by molar-refractivity contribution is 5.73. The third-order valence-corrected chi connectivity index (χ3v) is 3.75. The SMILES string of the molecule is COc1cc(CNC2CCN(C(=O)N(C)C)CC2)ccn1. The normalized spacial score (nSPS) is 15.9. The molecule has 0 aliphatic carbocycles. The number of carbonyl (C=O) groups is 1. The van der Waals surface area contributed by atoms with E-state index in [4.69, 9.17) is 4.74 Å². The number of piperidine rings is 1. The van der Waals surface area contributed by atoms with E-state index in [1.165, 1.54) is 0 Å². The molecule has 1 aromatic rings. The van der Waals surface area contributed by atoms with E-state index >= 15 is 0 Å². The lowest BCUT2D eigenvalue weighted by atomic mass is 10.0. The highest BCUT2D eigenvalue weighted by Crippen LogP contribution is 2.13. The van der Waals surface area contributed by atoms with Gasteiger partial charge < -0.3 is 19.9 Å². The second kappa shape index (κ2) is 7.26. The maximum absolute atomic E-state index is 11.9. The lowest BCUT2D eigenvalue weighted by molar-refractivity contribution is 0.152. The van der Waals surface area contributed by atoms with Gasteiger partial charge in [0.25, 0.3) is 0 Å². The Hall–Kier alpha value is -1.82. The number of amides is 2. The maximum Gasteiger partial charge on any atom is 0.319 e. The van der Waals surface area contributed by atoms with E-state index in [-0.39, 0.29) is 6.03 Å². The molecular weight excluding hydrogens is 268 g/mol. The molecule has 0 aromatic carbocycles. The molecule has 0 bridgehead atoms. The Morgan fingerprint density at radius 2 is 2.19 bits per heavy atom. The average Bonchev–Trinajstić information content (AvgIpc) is 2.53. The first kappa shape index (κ1) is 15.6. The van der Waals surface area contributed by atoms with Gasteiger partial charge in [0, 0.05) is 52.0 Å².